The first kappa shape index (κ1) is 19.1. The second kappa shape index (κ2) is 9.88. The zero-order valence-corrected chi connectivity index (χ0v) is 15.4. The van der Waals surface area contributed by atoms with E-state index in [-0.39, 0.29) is 5.82 Å². The van der Waals surface area contributed by atoms with Gasteiger partial charge < -0.3 is 15.8 Å². The van der Waals surface area contributed by atoms with Gasteiger partial charge in [0.15, 0.2) is 0 Å². The number of allylic oxidation sites excluding steroid dienone is 1. The maximum absolute atomic E-state index is 12.9. The molecule has 1 heterocycles. The number of aliphatic imine (C=N–C) groups is 1. The molecule has 1 fully saturated rings. The van der Waals surface area contributed by atoms with Gasteiger partial charge in [0.25, 0.3) is 0 Å². The van der Waals surface area contributed by atoms with Crippen molar-refractivity contribution >= 4 is 11.8 Å². The Hall–Kier alpha value is -2.66. The second-order valence-electron chi connectivity index (χ2n) is 6.63. The summed E-state index contributed by atoms with van der Waals surface area (Å²) in [6, 6.07) is 14.7. The fourth-order valence-corrected chi connectivity index (χ4v) is 3.06. The summed E-state index contributed by atoms with van der Waals surface area (Å²) in [5, 5.41) is 3.34. The first-order chi connectivity index (χ1) is 13.2. The van der Waals surface area contributed by atoms with E-state index < -0.39 is 0 Å². The first-order valence-electron chi connectivity index (χ1n) is 9.38. The van der Waals surface area contributed by atoms with E-state index in [0.717, 1.165) is 54.8 Å². The average molecular weight is 367 g/mol. The minimum Gasteiger partial charge on any atom is -0.493 e. The molecule has 3 N–H and O–H groups in total. The molecule has 0 spiro atoms. The van der Waals surface area contributed by atoms with Gasteiger partial charge in [-0.05, 0) is 61.3 Å². The highest BCUT2D eigenvalue weighted by Gasteiger charge is 2.10. The van der Waals surface area contributed by atoms with Crippen LogP contribution in [0.25, 0.3) is 5.57 Å². The number of ether oxygens (including phenoxy) is 1. The molecule has 0 bridgehead atoms. The van der Waals surface area contributed by atoms with Gasteiger partial charge in [-0.2, -0.15) is 0 Å². The number of rotatable bonds is 7. The van der Waals surface area contributed by atoms with Gasteiger partial charge in [0, 0.05) is 24.4 Å². The van der Waals surface area contributed by atoms with Crippen LogP contribution in [0, 0.1) is 5.82 Å². The molecule has 27 heavy (non-hydrogen) atoms. The Kier molecular flexibility index (Phi) is 6.99. The van der Waals surface area contributed by atoms with Gasteiger partial charge in [0.1, 0.15) is 11.6 Å². The molecular weight excluding hydrogens is 341 g/mol. The third kappa shape index (κ3) is 5.93. The summed E-state index contributed by atoms with van der Waals surface area (Å²) < 4.78 is 18.8. The van der Waals surface area contributed by atoms with Crippen molar-refractivity contribution in [3.63, 3.8) is 0 Å². The highest BCUT2D eigenvalue weighted by Crippen LogP contribution is 2.20. The zero-order chi connectivity index (χ0) is 18.9. The molecule has 0 aromatic heterocycles. The molecule has 4 nitrogen and oxygen atoms in total. The first-order valence-corrected chi connectivity index (χ1v) is 9.38. The fourth-order valence-electron chi connectivity index (χ4n) is 3.06. The van der Waals surface area contributed by atoms with Crippen LogP contribution in [0.15, 0.2) is 59.7 Å². The Balaban J connectivity index is 1.58. The van der Waals surface area contributed by atoms with Crippen LogP contribution in [0.4, 0.5) is 4.39 Å². The normalized spacial score (nSPS) is 16.0. The SMILES string of the molecule is N/C=C(\C=NC1CCNCC1)c1cccc(OCCc2ccc(F)cc2)c1. The predicted molar refractivity (Wildman–Crippen MR) is 109 cm³/mol. The predicted octanol–water partition coefficient (Wildman–Crippen LogP) is 3.57. The zero-order valence-electron chi connectivity index (χ0n) is 15.4. The summed E-state index contributed by atoms with van der Waals surface area (Å²) in [7, 11) is 0. The monoisotopic (exact) mass is 367 g/mol. The van der Waals surface area contributed by atoms with Crippen molar-refractivity contribution < 1.29 is 9.13 Å². The third-order valence-corrected chi connectivity index (χ3v) is 4.65. The van der Waals surface area contributed by atoms with E-state index in [2.05, 4.69) is 10.3 Å². The lowest BCUT2D eigenvalue weighted by atomic mass is 10.1. The maximum atomic E-state index is 12.9. The number of nitrogens with one attached hydrogen (secondary N) is 1. The summed E-state index contributed by atoms with van der Waals surface area (Å²) >= 11 is 0. The third-order valence-electron chi connectivity index (χ3n) is 4.65. The van der Waals surface area contributed by atoms with Gasteiger partial charge in [-0.1, -0.05) is 24.3 Å². The molecule has 0 unspecified atom stereocenters. The Morgan fingerprint density at radius 1 is 1.19 bits per heavy atom. The van der Waals surface area contributed by atoms with Gasteiger partial charge in [0.2, 0.25) is 0 Å². The number of halogens is 1. The smallest absolute Gasteiger partial charge is 0.123 e. The topological polar surface area (TPSA) is 59.6 Å². The fraction of sp³-hybridized carbons (Fsp3) is 0.318. The number of piperidine rings is 1. The van der Waals surface area contributed by atoms with Gasteiger partial charge in [-0.3, -0.25) is 4.99 Å². The van der Waals surface area contributed by atoms with Crippen LogP contribution >= 0.6 is 0 Å². The largest absolute Gasteiger partial charge is 0.493 e. The quantitative estimate of drug-likeness (QED) is 0.736. The summed E-state index contributed by atoms with van der Waals surface area (Å²) in [6.45, 7) is 2.56. The Bertz CT molecular complexity index is 780. The van der Waals surface area contributed by atoms with Crippen molar-refractivity contribution in [3.05, 3.63) is 71.7 Å². The van der Waals surface area contributed by atoms with Crippen molar-refractivity contribution in [2.24, 2.45) is 10.7 Å². The second-order valence-corrected chi connectivity index (χ2v) is 6.63. The molecular formula is C22H26FN3O. The molecule has 2 aromatic rings. The van der Waals surface area contributed by atoms with Gasteiger partial charge in [-0.25, -0.2) is 4.39 Å². The molecule has 5 heteroatoms. The molecule has 0 radical (unpaired) electrons. The Morgan fingerprint density at radius 3 is 2.70 bits per heavy atom. The summed E-state index contributed by atoms with van der Waals surface area (Å²) in [5.74, 6) is 0.559. The molecule has 0 atom stereocenters. The molecule has 3 rings (SSSR count). The summed E-state index contributed by atoms with van der Waals surface area (Å²) in [6.07, 6.45) is 6.29. The molecule has 1 aliphatic heterocycles. The van der Waals surface area contributed by atoms with E-state index >= 15 is 0 Å². The average Bonchev–Trinajstić information content (AvgIpc) is 2.71. The lowest BCUT2D eigenvalue weighted by Crippen LogP contribution is -2.29. The van der Waals surface area contributed by atoms with Crippen LogP contribution in [0.5, 0.6) is 5.75 Å². The van der Waals surface area contributed by atoms with Crippen molar-refractivity contribution in [2.75, 3.05) is 19.7 Å². The number of hydrogen-bond acceptors (Lipinski definition) is 4. The molecule has 2 aromatic carbocycles. The van der Waals surface area contributed by atoms with Crippen molar-refractivity contribution in [1.82, 2.24) is 5.32 Å². The summed E-state index contributed by atoms with van der Waals surface area (Å²) in [5.41, 5.74) is 8.73. The number of nitrogens with zero attached hydrogens (tertiary/aromatic N) is 1. The molecule has 1 saturated heterocycles. The lowest BCUT2D eigenvalue weighted by Gasteiger charge is -2.18. The number of benzene rings is 2. The highest BCUT2D eigenvalue weighted by molar-refractivity contribution is 6.09. The molecule has 0 amide bonds. The molecule has 0 aliphatic carbocycles. The van der Waals surface area contributed by atoms with Gasteiger partial charge >= 0.3 is 0 Å². The summed E-state index contributed by atoms with van der Waals surface area (Å²) in [4.78, 5) is 4.68. The van der Waals surface area contributed by atoms with Crippen molar-refractivity contribution in [3.8, 4) is 5.75 Å². The van der Waals surface area contributed by atoms with Crippen LogP contribution < -0.4 is 15.8 Å². The maximum Gasteiger partial charge on any atom is 0.123 e. The van der Waals surface area contributed by atoms with Crippen LogP contribution in [0.2, 0.25) is 0 Å². The molecule has 1 aliphatic rings. The van der Waals surface area contributed by atoms with E-state index in [9.17, 15) is 4.39 Å². The van der Waals surface area contributed by atoms with Crippen molar-refractivity contribution in [1.29, 1.82) is 0 Å². The molecule has 142 valence electrons. The van der Waals surface area contributed by atoms with Crippen LogP contribution in [-0.4, -0.2) is 32.0 Å². The van der Waals surface area contributed by atoms with E-state index in [1.54, 1.807) is 18.3 Å². The molecule has 0 saturated carbocycles. The minimum atomic E-state index is -0.223. The van der Waals surface area contributed by atoms with Crippen molar-refractivity contribution in [2.45, 2.75) is 25.3 Å². The Labute approximate surface area is 160 Å². The van der Waals surface area contributed by atoms with Gasteiger partial charge in [-0.15, -0.1) is 0 Å². The van der Waals surface area contributed by atoms with Crippen LogP contribution in [-0.2, 0) is 6.42 Å². The number of hydrogen-bond donors (Lipinski definition) is 2. The van der Waals surface area contributed by atoms with Crippen LogP contribution in [0.1, 0.15) is 24.0 Å². The van der Waals surface area contributed by atoms with E-state index in [0.29, 0.717) is 12.6 Å². The highest BCUT2D eigenvalue weighted by atomic mass is 19.1. The van der Waals surface area contributed by atoms with Gasteiger partial charge in [0.05, 0.1) is 12.6 Å². The van der Waals surface area contributed by atoms with Crippen LogP contribution in [0.3, 0.4) is 0 Å². The minimum absolute atomic E-state index is 0.223. The van der Waals surface area contributed by atoms with E-state index in [4.69, 9.17) is 10.5 Å². The van der Waals surface area contributed by atoms with E-state index in [1.807, 2.05) is 30.5 Å². The standard InChI is InChI=1S/C22H26FN3O/c23-20-6-4-17(5-7-20)10-13-27-22-3-1-2-18(14-22)19(15-24)16-26-21-8-11-25-12-9-21/h1-7,14-16,21,25H,8-13,24H2/b19-15+,26-16?. The Morgan fingerprint density at radius 2 is 1.96 bits per heavy atom. The number of nitrogens with two attached hydrogens (primary N) is 1. The van der Waals surface area contributed by atoms with E-state index in [1.165, 1.54) is 12.1 Å². The lowest BCUT2D eigenvalue weighted by molar-refractivity contribution is 0.322.